The van der Waals surface area contributed by atoms with Gasteiger partial charge in [0.05, 0.1) is 13.2 Å². The molecule has 1 aromatic carbocycles. The fraction of sp³-hybridized carbons (Fsp3) is 0.714. The average molecular weight is 1030 g/mol. The van der Waals surface area contributed by atoms with E-state index in [9.17, 15) is 86.5 Å². The van der Waals surface area contributed by atoms with E-state index in [4.69, 9.17) is 42.4 Å². The number of amides is 2. The Morgan fingerprint density at radius 3 is 1.41 bits per heavy atom. The predicted molar refractivity (Wildman–Crippen MR) is 209 cm³/mol. The molecule has 0 spiro atoms. The molecule has 1 aromatic rings. The van der Waals surface area contributed by atoms with Gasteiger partial charge in [0.1, 0.15) is 91.1 Å². The molecule has 386 valence electrons. The number of carbonyl (C=O) groups excluding carboxylic acids is 2. The number of ether oxygens (including phenoxy) is 8. The Morgan fingerprint density at radius 1 is 0.544 bits per heavy atom. The van der Waals surface area contributed by atoms with E-state index in [2.05, 4.69) is 19.0 Å². The van der Waals surface area contributed by atoms with Crippen molar-refractivity contribution in [3.8, 4) is 5.75 Å². The maximum atomic E-state index is 12.6. The van der Waals surface area contributed by atoms with Crippen LogP contribution in [0.1, 0.15) is 19.4 Å². The van der Waals surface area contributed by atoms with Gasteiger partial charge in [-0.3, -0.25) is 18.7 Å². The van der Waals surface area contributed by atoms with Gasteiger partial charge in [-0.15, -0.1) is 0 Å². The zero-order valence-corrected chi connectivity index (χ0v) is 37.0. The van der Waals surface area contributed by atoms with Crippen LogP contribution in [0.5, 0.6) is 5.75 Å². The molecule has 4 saturated heterocycles. The minimum Gasteiger partial charge on any atom is -0.479 e. The van der Waals surface area contributed by atoms with E-state index in [1.165, 1.54) is 12.1 Å². The van der Waals surface area contributed by atoms with Crippen LogP contribution in [0.25, 0.3) is 0 Å². The van der Waals surface area contributed by atoms with Crippen LogP contribution in [-0.4, -0.2) is 232 Å². The quantitative estimate of drug-likeness (QED) is 0.0608. The van der Waals surface area contributed by atoms with Gasteiger partial charge in [-0.2, -0.15) is 16.8 Å². The topological polar surface area (TPSA) is 475 Å². The molecule has 4 heterocycles. The third-order valence-corrected chi connectivity index (χ3v) is 11.5. The van der Waals surface area contributed by atoms with Gasteiger partial charge in [0.2, 0.25) is 18.1 Å². The highest BCUT2D eigenvalue weighted by atomic mass is 32.3. The van der Waals surface area contributed by atoms with Gasteiger partial charge in [0.25, 0.3) is 0 Å². The second-order valence-electron chi connectivity index (χ2n) is 15.7. The number of hydrogen-bond acceptors (Lipinski definition) is 25. The van der Waals surface area contributed by atoms with Crippen molar-refractivity contribution in [1.82, 2.24) is 10.6 Å². The zero-order chi connectivity index (χ0) is 50.7. The largest absolute Gasteiger partial charge is 0.479 e. The second kappa shape index (κ2) is 22.4. The van der Waals surface area contributed by atoms with Gasteiger partial charge >= 0.3 is 32.7 Å². The lowest BCUT2D eigenvalue weighted by atomic mass is 9.94. The van der Waals surface area contributed by atoms with Crippen molar-refractivity contribution >= 4 is 44.6 Å². The van der Waals surface area contributed by atoms with E-state index in [1.807, 2.05) is 0 Å². The Labute approximate surface area is 384 Å². The number of aryl methyl sites for hydroxylation is 1. The summed E-state index contributed by atoms with van der Waals surface area (Å²) in [5.41, 5.74) is 0.805. The van der Waals surface area contributed by atoms with E-state index in [1.54, 1.807) is 19.1 Å². The normalized spacial score (nSPS) is 39.1. The summed E-state index contributed by atoms with van der Waals surface area (Å²) in [5, 5.41) is 102. The van der Waals surface area contributed by atoms with Crippen molar-refractivity contribution in [3.63, 3.8) is 0 Å². The molecule has 0 bridgehead atoms. The standard InChI is InChI=1S/C35H50N2O29S2/c1-10-4-6-13(7-5-10)59-34-23(45)21(43)26(28(65-34)30(47)48)64-33-17(37-12(3)39)20(42)25(15(61-33)9-58-68(54,55)56)62-35-24(46)22(44)27(29(66-35)31(49)50)63-32-16(36-11(2)38)19(41)18(40)14(60-32)8-57-67(51,52)53/h4-7,14-29,32-35,40-46H,8-9H2,1-3H3,(H,36,38)(H,37,39)(H,47,48)(H,49,50)(H,51,52,53)(H,54,55,56)/t14?,15?,16?,17?,18-,19-,20-,21-,22-,23?,24?,25-,26+,27+,28?,29?,32?,33+,34-,35-/m1/s1. The summed E-state index contributed by atoms with van der Waals surface area (Å²) in [6.07, 6.45) is -39.8. The van der Waals surface area contributed by atoms with Gasteiger partial charge in [-0.05, 0) is 19.1 Å². The van der Waals surface area contributed by atoms with Crippen LogP contribution in [0, 0.1) is 6.92 Å². The van der Waals surface area contributed by atoms with Crippen LogP contribution in [0.3, 0.4) is 0 Å². The fourth-order valence-electron chi connectivity index (χ4n) is 7.41. The second-order valence-corrected chi connectivity index (χ2v) is 17.8. The minimum atomic E-state index is -5.39. The van der Waals surface area contributed by atoms with E-state index in [0.29, 0.717) is 0 Å². The van der Waals surface area contributed by atoms with Crippen LogP contribution in [0.15, 0.2) is 24.3 Å². The van der Waals surface area contributed by atoms with E-state index in [0.717, 1.165) is 19.4 Å². The van der Waals surface area contributed by atoms with Crippen LogP contribution >= 0.6 is 0 Å². The molecule has 68 heavy (non-hydrogen) atoms. The minimum absolute atomic E-state index is 0.0828. The highest BCUT2D eigenvalue weighted by Gasteiger charge is 2.58. The molecule has 20 atom stereocenters. The Kier molecular flexibility index (Phi) is 18.2. The molecule has 4 aliphatic heterocycles. The number of carboxylic acids is 2. The summed E-state index contributed by atoms with van der Waals surface area (Å²) in [6, 6.07) is 2.31. The lowest BCUT2D eigenvalue weighted by Crippen LogP contribution is -2.70. The van der Waals surface area contributed by atoms with Gasteiger partial charge in [0, 0.05) is 13.8 Å². The third kappa shape index (κ3) is 13.7. The molecule has 13 N–H and O–H groups in total. The smallest absolute Gasteiger partial charge is 0.397 e. The summed E-state index contributed by atoms with van der Waals surface area (Å²) in [7, 11) is -10.6. The Hall–Kier alpha value is -3.92. The summed E-state index contributed by atoms with van der Waals surface area (Å²) >= 11 is 0. The van der Waals surface area contributed by atoms with Crippen molar-refractivity contribution in [1.29, 1.82) is 0 Å². The molecule has 5 rings (SSSR count). The van der Waals surface area contributed by atoms with Gasteiger partial charge in [-0.25, -0.2) is 18.0 Å². The van der Waals surface area contributed by atoms with Crippen LogP contribution < -0.4 is 15.4 Å². The number of carbonyl (C=O) groups is 4. The number of aliphatic hydroxyl groups is 7. The SMILES string of the molecule is CC(=O)NC1C(O[C@@H]2C(C(=O)O)O[C@@H](O[C@@H]3C(COS(=O)(=O)O)O[C@@H](O[C@@H]4C(C(=O)O)O[C@@H](Oc5ccc(C)cc5)C(O)[C@H]4O)C(NC(C)=O)[C@H]3O)C(O)[C@H]2O)OC(COS(=O)(=O)O)[C@@H](O)[C@@H]1O. The molecule has 31 nitrogen and oxygen atoms in total. The molecule has 4 aliphatic rings. The van der Waals surface area contributed by atoms with Gasteiger partial charge < -0.3 is 94.5 Å². The van der Waals surface area contributed by atoms with Crippen molar-refractivity contribution < 1.29 is 137 Å². The molecular formula is C35H50N2O29S2. The average Bonchev–Trinajstić information content (AvgIpc) is 3.23. The van der Waals surface area contributed by atoms with Crippen LogP contribution in [0.2, 0.25) is 0 Å². The first kappa shape index (κ1) is 55.0. The Morgan fingerprint density at radius 2 is 0.956 bits per heavy atom. The van der Waals surface area contributed by atoms with Crippen molar-refractivity contribution in [2.75, 3.05) is 13.2 Å². The van der Waals surface area contributed by atoms with Gasteiger partial charge in [0.15, 0.2) is 31.1 Å². The number of carboxylic acid groups (broad SMARTS) is 2. The zero-order valence-electron chi connectivity index (χ0n) is 35.4. The Bertz CT molecular complexity index is 2150. The van der Waals surface area contributed by atoms with Crippen LogP contribution in [-0.2, 0) is 81.5 Å². The lowest BCUT2D eigenvalue weighted by molar-refractivity contribution is -0.369. The third-order valence-electron chi connectivity index (χ3n) is 10.6. The first-order chi connectivity index (χ1) is 31.6. The molecule has 0 saturated carbocycles. The maximum Gasteiger partial charge on any atom is 0.397 e. The number of benzene rings is 1. The highest BCUT2D eigenvalue weighted by molar-refractivity contribution is 7.81. The molecular weight excluding hydrogens is 977 g/mol. The maximum absolute atomic E-state index is 12.6. The Balaban J connectivity index is 1.41. The summed E-state index contributed by atoms with van der Waals surface area (Å²) in [5.74, 6) is -5.60. The number of hydrogen-bond donors (Lipinski definition) is 13. The summed E-state index contributed by atoms with van der Waals surface area (Å²) in [4.78, 5) is 49.6. The number of aliphatic hydroxyl groups excluding tert-OH is 7. The molecule has 0 aliphatic carbocycles. The molecule has 33 heteroatoms. The first-order valence-electron chi connectivity index (χ1n) is 19.9. The van der Waals surface area contributed by atoms with Crippen molar-refractivity contribution in [2.24, 2.45) is 0 Å². The monoisotopic (exact) mass is 1030 g/mol. The molecule has 0 radical (unpaired) electrons. The molecule has 9 unspecified atom stereocenters. The summed E-state index contributed by atoms with van der Waals surface area (Å²) < 4.78 is 117. The molecule has 4 fully saturated rings. The van der Waals surface area contributed by atoms with E-state index in [-0.39, 0.29) is 5.75 Å². The first-order valence-corrected chi connectivity index (χ1v) is 22.6. The van der Waals surface area contributed by atoms with Gasteiger partial charge in [-0.1, -0.05) is 17.7 Å². The van der Waals surface area contributed by atoms with E-state index < -0.39 is 180 Å². The predicted octanol–water partition coefficient (Wildman–Crippen LogP) is -7.23. The lowest BCUT2D eigenvalue weighted by Gasteiger charge is -2.49. The molecule has 2 amide bonds. The van der Waals surface area contributed by atoms with Crippen LogP contribution in [0.4, 0.5) is 0 Å². The number of aliphatic carboxylic acids is 2. The molecule has 0 aromatic heterocycles. The van der Waals surface area contributed by atoms with E-state index >= 15 is 0 Å². The highest BCUT2D eigenvalue weighted by Crippen LogP contribution is 2.35. The van der Waals surface area contributed by atoms with Crippen molar-refractivity contribution in [3.05, 3.63) is 29.8 Å². The number of rotatable bonds is 18. The fourth-order valence-corrected chi connectivity index (χ4v) is 8.02. The number of nitrogens with one attached hydrogen (secondary N) is 2. The van der Waals surface area contributed by atoms with Crippen molar-refractivity contribution in [2.45, 2.75) is 143 Å². The summed E-state index contributed by atoms with van der Waals surface area (Å²) in [6.45, 7) is 1.02.